The van der Waals surface area contributed by atoms with E-state index in [0.29, 0.717) is 5.69 Å². The Kier molecular flexibility index (Phi) is 4.40. The molecule has 0 amide bonds. The first-order valence-electron chi connectivity index (χ1n) is 4.91. The molecule has 0 spiro atoms. The molecule has 14 heavy (non-hydrogen) atoms. The number of anilines is 1. The average molecular weight is 196 g/mol. The standard InChI is InChI=1S/C11H17FN2/c1-3-14(2)9-8-13-11-7-5-4-6-10(11)12/h4-7,13H,3,8-9H2,1-2H3. The summed E-state index contributed by atoms with van der Waals surface area (Å²) >= 11 is 0. The molecule has 0 radical (unpaired) electrons. The summed E-state index contributed by atoms with van der Waals surface area (Å²) < 4.78 is 13.1. The number of halogens is 1. The van der Waals surface area contributed by atoms with E-state index in [4.69, 9.17) is 0 Å². The largest absolute Gasteiger partial charge is 0.381 e. The van der Waals surface area contributed by atoms with Crippen molar-refractivity contribution in [3.05, 3.63) is 30.1 Å². The number of hydrogen-bond acceptors (Lipinski definition) is 2. The van der Waals surface area contributed by atoms with Crippen LogP contribution in [0.4, 0.5) is 10.1 Å². The van der Waals surface area contributed by atoms with E-state index in [-0.39, 0.29) is 5.82 Å². The van der Waals surface area contributed by atoms with Crippen LogP contribution in [0, 0.1) is 5.82 Å². The molecular formula is C11H17FN2. The van der Waals surface area contributed by atoms with Crippen molar-refractivity contribution in [2.45, 2.75) is 6.92 Å². The number of hydrogen-bond donors (Lipinski definition) is 1. The summed E-state index contributed by atoms with van der Waals surface area (Å²) in [4.78, 5) is 2.17. The summed E-state index contributed by atoms with van der Waals surface area (Å²) in [5.74, 6) is -0.188. The molecule has 0 fully saturated rings. The minimum absolute atomic E-state index is 0.188. The fourth-order valence-corrected chi connectivity index (χ4v) is 1.14. The molecule has 0 atom stereocenters. The monoisotopic (exact) mass is 196 g/mol. The zero-order valence-corrected chi connectivity index (χ0v) is 8.76. The van der Waals surface area contributed by atoms with Crippen LogP contribution in [0.2, 0.25) is 0 Å². The van der Waals surface area contributed by atoms with Crippen LogP contribution >= 0.6 is 0 Å². The lowest BCUT2D eigenvalue weighted by Gasteiger charge is -2.14. The van der Waals surface area contributed by atoms with Gasteiger partial charge in [-0.2, -0.15) is 0 Å². The number of benzene rings is 1. The van der Waals surface area contributed by atoms with E-state index < -0.39 is 0 Å². The van der Waals surface area contributed by atoms with Gasteiger partial charge in [-0.15, -0.1) is 0 Å². The van der Waals surface area contributed by atoms with Gasteiger partial charge in [0.15, 0.2) is 0 Å². The predicted molar refractivity (Wildman–Crippen MR) is 58.1 cm³/mol. The van der Waals surface area contributed by atoms with Gasteiger partial charge in [0.1, 0.15) is 5.82 Å². The summed E-state index contributed by atoms with van der Waals surface area (Å²) in [6.07, 6.45) is 0. The van der Waals surface area contributed by atoms with Gasteiger partial charge in [0.05, 0.1) is 5.69 Å². The van der Waals surface area contributed by atoms with E-state index in [9.17, 15) is 4.39 Å². The molecule has 1 aromatic rings. The summed E-state index contributed by atoms with van der Waals surface area (Å²) in [6, 6.07) is 6.74. The van der Waals surface area contributed by atoms with Crippen LogP contribution in [0.15, 0.2) is 24.3 Å². The topological polar surface area (TPSA) is 15.3 Å². The Morgan fingerprint density at radius 2 is 2.07 bits per heavy atom. The molecule has 0 heterocycles. The van der Waals surface area contributed by atoms with Crippen molar-refractivity contribution in [2.75, 3.05) is 32.0 Å². The van der Waals surface area contributed by atoms with E-state index in [2.05, 4.69) is 17.1 Å². The Labute approximate surface area is 84.7 Å². The highest BCUT2D eigenvalue weighted by Crippen LogP contribution is 2.11. The first-order chi connectivity index (χ1) is 6.74. The molecule has 2 nitrogen and oxygen atoms in total. The highest BCUT2D eigenvalue weighted by atomic mass is 19.1. The van der Waals surface area contributed by atoms with Gasteiger partial charge in [0, 0.05) is 13.1 Å². The quantitative estimate of drug-likeness (QED) is 0.776. The average Bonchev–Trinajstić information content (AvgIpc) is 2.20. The number of likely N-dealkylation sites (N-methyl/N-ethyl adjacent to an activating group) is 1. The van der Waals surface area contributed by atoms with Crippen LogP contribution in [0.5, 0.6) is 0 Å². The smallest absolute Gasteiger partial charge is 0.146 e. The van der Waals surface area contributed by atoms with E-state index in [0.717, 1.165) is 19.6 Å². The van der Waals surface area contributed by atoms with Gasteiger partial charge in [-0.05, 0) is 25.7 Å². The van der Waals surface area contributed by atoms with Crippen molar-refractivity contribution in [1.82, 2.24) is 4.90 Å². The normalized spacial score (nSPS) is 10.6. The molecule has 0 saturated heterocycles. The minimum Gasteiger partial charge on any atom is -0.381 e. The highest BCUT2D eigenvalue weighted by molar-refractivity contribution is 5.44. The van der Waals surface area contributed by atoms with Gasteiger partial charge < -0.3 is 10.2 Å². The van der Waals surface area contributed by atoms with E-state index >= 15 is 0 Å². The molecule has 0 bridgehead atoms. The Morgan fingerprint density at radius 1 is 1.36 bits per heavy atom. The molecular weight excluding hydrogens is 179 g/mol. The van der Waals surface area contributed by atoms with Crippen LogP contribution in [-0.4, -0.2) is 31.6 Å². The van der Waals surface area contributed by atoms with Gasteiger partial charge in [-0.25, -0.2) is 4.39 Å². The van der Waals surface area contributed by atoms with Gasteiger partial charge in [-0.1, -0.05) is 19.1 Å². The zero-order chi connectivity index (χ0) is 10.4. The fraction of sp³-hybridized carbons (Fsp3) is 0.455. The van der Waals surface area contributed by atoms with Gasteiger partial charge in [0.25, 0.3) is 0 Å². The molecule has 0 saturated carbocycles. The van der Waals surface area contributed by atoms with Crippen LogP contribution in [0.3, 0.4) is 0 Å². The number of nitrogens with zero attached hydrogens (tertiary/aromatic N) is 1. The second kappa shape index (κ2) is 5.60. The molecule has 3 heteroatoms. The van der Waals surface area contributed by atoms with Crippen LogP contribution in [0.25, 0.3) is 0 Å². The van der Waals surface area contributed by atoms with Crippen LogP contribution in [0.1, 0.15) is 6.92 Å². The summed E-state index contributed by atoms with van der Waals surface area (Å²) in [5, 5.41) is 3.06. The Hall–Kier alpha value is -1.09. The Bertz CT molecular complexity index is 276. The maximum absolute atomic E-state index is 13.1. The lowest BCUT2D eigenvalue weighted by molar-refractivity contribution is 0.367. The third kappa shape index (κ3) is 3.34. The van der Waals surface area contributed by atoms with E-state index in [1.807, 2.05) is 13.1 Å². The maximum Gasteiger partial charge on any atom is 0.146 e. The third-order valence-electron chi connectivity index (χ3n) is 2.22. The fourth-order valence-electron chi connectivity index (χ4n) is 1.14. The second-order valence-electron chi connectivity index (χ2n) is 3.30. The van der Waals surface area contributed by atoms with Gasteiger partial charge >= 0.3 is 0 Å². The van der Waals surface area contributed by atoms with Crippen molar-refractivity contribution >= 4 is 5.69 Å². The van der Waals surface area contributed by atoms with Gasteiger partial charge in [-0.3, -0.25) is 0 Å². The Balaban J connectivity index is 2.35. The van der Waals surface area contributed by atoms with Crippen molar-refractivity contribution in [3.8, 4) is 0 Å². The summed E-state index contributed by atoms with van der Waals surface area (Å²) in [5.41, 5.74) is 0.581. The van der Waals surface area contributed by atoms with Crippen LogP contribution in [-0.2, 0) is 0 Å². The molecule has 78 valence electrons. The predicted octanol–water partition coefficient (Wildman–Crippen LogP) is 2.19. The first kappa shape index (κ1) is 11.0. The number of para-hydroxylation sites is 1. The molecule has 1 aromatic carbocycles. The summed E-state index contributed by atoms with van der Waals surface area (Å²) in [6.45, 7) is 4.80. The Morgan fingerprint density at radius 3 is 2.71 bits per heavy atom. The van der Waals surface area contributed by atoms with Crippen molar-refractivity contribution in [1.29, 1.82) is 0 Å². The molecule has 1 rings (SSSR count). The van der Waals surface area contributed by atoms with Crippen molar-refractivity contribution in [3.63, 3.8) is 0 Å². The van der Waals surface area contributed by atoms with Gasteiger partial charge in [0.2, 0.25) is 0 Å². The molecule has 0 aliphatic rings. The first-order valence-corrected chi connectivity index (χ1v) is 4.91. The van der Waals surface area contributed by atoms with E-state index in [1.165, 1.54) is 6.07 Å². The molecule has 1 N–H and O–H groups in total. The number of rotatable bonds is 5. The SMILES string of the molecule is CCN(C)CCNc1ccccc1F. The van der Waals surface area contributed by atoms with Crippen LogP contribution < -0.4 is 5.32 Å². The number of nitrogens with one attached hydrogen (secondary N) is 1. The maximum atomic E-state index is 13.1. The third-order valence-corrected chi connectivity index (χ3v) is 2.22. The molecule has 0 aromatic heterocycles. The zero-order valence-electron chi connectivity index (χ0n) is 8.76. The lowest BCUT2D eigenvalue weighted by Crippen LogP contribution is -2.24. The lowest BCUT2D eigenvalue weighted by atomic mass is 10.3. The highest BCUT2D eigenvalue weighted by Gasteiger charge is 1.99. The van der Waals surface area contributed by atoms with E-state index in [1.54, 1.807) is 12.1 Å². The summed E-state index contributed by atoms with van der Waals surface area (Å²) in [7, 11) is 2.04. The second-order valence-corrected chi connectivity index (χ2v) is 3.30. The van der Waals surface area contributed by atoms with Crippen molar-refractivity contribution in [2.24, 2.45) is 0 Å². The minimum atomic E-state index is -0.188. The molecule has 0 aliphatic heterocycles. The van der Waals surface area contributed by atoms with Crippen molar-refractivity contribution < 1.29 is 4.39 Å². The molecule has 0 unspecified atom stereocenters. The molecule has 0 aliphatic carbocycles.